The third-order valence-electron chi connectivity index (χ3n) is 3.14. The number of fused-ring (bicyclic) bond motifs is 1. The number of hydrogen-bond acceptors (Lipinski definition) is 3. The molecule has 1 heterocycles. The quantitative estimate of drug-likeness (QED) is 0.784. The van der Waals surface area contributed by atoms with Crippen molar-refractivity contribution in [1.82, 2.24) is 5.32 Å². The summed E-state index contributed by atoms with van der Waals surface area (Å²) in [5.74, 6) is -1.77. The molecule has 0 aliphatic carbocycles. The topological polar surface area (TPSA) is 46.2 Å². The first-order valence-corrected chi connectivity index (χ1v) is 6.82. The standard InChI is InChI=1S/C11H13F2NO2S/c1-6-3-10(14-2)8-4-7(12)5-9(13)11(8)17(6,15)16/h4-6,10,14H,3H2,1-2H3. The van der Waals surface area contributed by atoms with E-state index in [1.165, 1.54) is 6.92 Å². The van der Waals surface area contributed by atoms with Crippen molar-refractivity contribution in [3.8, 4) is 0 Å². The maximum atomic E-state index is 13.7. The highest BCUT2D eigenvalue weighted by atomic mass is 32.2. The predicted molar refractivity (Wildman–Crippen MR) is 59.4 cm³/mol. The van der Waals surface area contributed by atoms with Crippen molar-refractivity contribution in [1.29, 1.82) is 0 Å². The summed E-state index contributed by atoms with van der Waals surface area (Å²) < 4.78 is 50.8. The van der Waals surface area contributed by atoms with Gasteiger partial charge in [-0.3, -0.25) is 0 Å². The minimum atomic E-state index is -3.69. The number of halogens is 2. The summed E-state index contributed by atoms with van der Waals surface area (Å²) in [6, 6.07) is 1.36. The number of nitrogens with one attached hydrogen (secondary N) is 1. The van der Waals surface area contributed by atoms with Crippen molar-refractivity contribution < 1.29 is 17.2 Å². The molecule has 0 saturated carbocycles. The minimum Gasteiger partial charge on any atom is -0.313 e. The van der Waals surface area contributed by atoms with Gasteiger partial charge < -0.3 is 5.32 Å². The Bertz CT molecular complexity index is 557. The van der Waals surface area contributed by atoms with Crippen LogP contribution in [0.1, 0.15) is 24.9 Å². The highest BCUT2D eigenvalue weighted by molar-refractivity contribution is 7.92. The largest absolute Gasteiger partial charge is 0.313 e. The van der Waals surface area contributed by atoms with Gasteiger partial charge in [0.05, 0.1) is 5.25 Å². The summed E-state index contributed by atoms with van der Waals surface area (Å²) >= 11 is 0. The van der Waals surface area contributed by atoms with Crippen LogP contribution in [0.5, 0.6) is 0 Å². The van der Waals surface area contributed by atoms with Crippen molar-refractivity contribution in [2.24, 2.45) is 0 Å². The Labute approximate surface area is 98.8 Å². The first kappa shape index (κ1) is 12.4. The van der Waals surface area contributed by atoms with Gasteiger partial charge in [-0.05, 0) is 32.0 Å². The molecule has 2 unspecified atom stereocenters. The van der Waals surface area contributed by atoms with E-state index in [9.17, 15) is 17.2 Å². The third-order valence-corrected chi connectivity index (χ3v) is 5.39. The summed E-state index contributed by atoms with van der Waals surface area (Å²) in [5, 5.41) is 2.21. The minimum absolute atomic E-state index is 0.183. The van der Waals surface area contributed by atoms with Crippen LogP contribution in [-0.4, -0.2) is 20.7 Å². The summed E-state index contributed by atoms with van der Waals surface area (Å²) in [6.45, 7) is 1.53. The number of hydrogen-bond donors (Lipinski definition) is 1. The zero-order valence-electron chi connectivity index (χ0n) is 9.50. The van der Waals surface area contributed by atoms with E-state index >= 15 is 0 Å². The maximum absolute atomic E-state index is 13.7. The van der Waals surface area contributed by atoms with Crippen molar-refractivity contribution >= 4 is 9.84 Å². The van der Waals surface area contributed by atoms with Crippen LogP contribution in [0.15, 0.2) is 17.0 Å². The molecule has 94 valence electrons. The molecule has 0 bridgehead atoms. The fraction of sp³-hybridized carbons (Fsp3) is 0.455. The second-order valence-corrected chi connectivity index (χ2v) is 6.54. The Hall–Kier alpha value is -1.01. The summed E-state index contributed by atoms with van der Waals surface area (Å²) in [7, 11) is -2.05. The Morgan fingerprint density at radius 2 is 2.00 bits per heavy atom. The zero-order chi connectivity index (χ0) is 12.8. The van der Waals surface area contributed by atoms with E-state index in [-0.39, 0.29) is 16.5 Å². The molecule has 0 radical (unpaired) electrons. The first-order valence-electron chi connectivity index (χ1n) is 5.28. The molecule has 1 aliphatic rings. The normalized spacial score (nSPS) is 26.6. The molecule has 1 aromatic rings. The van der Waals surface area contributed by atoms with E-state index in [4.69, 9.17) is 0 Å². The lowest BCUT2D eigenvalue weighted by Gasteiger charge is -2.29. The van der Waals surface area contributed by atoms with Gasteiger partial charge in [-0.15, -0.1) is 0 Å². The molecule has 2 rings (SSSR count). The SMILES string of the molecule is CNC1CC(C)S(=O)(=O)c2c(F)cc(F)cc21. The predicted octanol–water partition coefficient (Wildman–Crippen LogP) is 1.79. The number of rotatable bonds is 1. The lowest BCUT2D eigenvalue weighted by Crippen LogP contribution is -2.34. The van der Waals surface area contributed by atoms with Gasteiger partial charge in [0.2, 0.25) is 0 Å². The molecule has 6 heteroatoms. The van der Waals surface area contributed by atoms with Crippen LogP contribution in [-0.2, 0) is 9.84 Å². The molecule has 1 aliphatic heterocycles. The molecule has 0 saturated heterocycles. The van der Waals surface area contributed by atoms with Gasteiger partial charge in [0.25, 0.3) is 0 Å². The van der Waals surface area contributed by atoms with Crippen molar-refractivity contribution in [2.75, 3.05) is 7.05 Å². The van der Waals surface area contributed by atoms with E-state index in [0.717, 1.165) is 6.07 Å². The smallest absolute Gasteiger partial charge is 0.184 e. The third kappa shape index (κ3) is 1.85. The Kier molecular flexibility index (Phi) is 2.95. The van der Waals surface area contributed by atoms with E-state index in [0.29, 0.717) is 12.5 Å². The monoisotopic (exact) mass is 261 g/mol. The fourth-order valence-corrected chi connectivity index (χ4v) is 3.91. The van der Waals surface area contributed by atoms with Crippen LogP contribution >= 0.6 is 0 Å². The molecular weight excluding hydrogens is 248 g/mol. The molecule has 2 atom stereocenters. The second kappa shape index (κ2) is 4.03. The lowest BCUT2D eigenvalue weighted by molar-refractivity contribution is 0.467. The summed E-state index contributed by atoms with van der Waals surface area (Å²) in [6.07, 6.45) is 0.314. The van der Waals surface area contributed by atoms with Crippen molar-refractivity contribution in [3.63, 3.8) is 0 Å². The van der Waals surface area contributed by atoms with Crippen LogP contribution in [0.2, 0.25) is 0 Å². The fourth-order valence-electron chi connectivity index (χ4n) is 2.20. The maximum Gasteiger partial charge on any atom is 0.184 e. The van der Waals surface area contributed by atoms with Gasteiger partial charge in [0.1, 0.15) is 16.5 Å². The van der Waals surface area contributed by atoms with E-state index in [1.54, 1.807) is 7.05 Å². The highest BCUT2D eigenvalue weighted by Gasteiger charge is 2.38. The van der Waals surface area contributed by atoms with E-state index < -0.39 is 26.7 Å². The summed E-state index contributed by atoms with van der Waals surface area (Å²) in [5.41, 5.74) is 0.183. The average molecular weight is 261 g/mol. The van der Waals surface area contributed by atoms with Gasteiger partial charge in [-0.2, -0.15) is 0 Å². The van der Waals surface area contributed by atoms with E-state index in [1.807, 2.05) is 0 Å². The molecule has 0 spiro atoms. The second-order valence-electron chi connectivity index (χ2n) is 4.24. The zero-order valence-corrected chi connectivity index (χ0v) is 10.3. The van der Waals surface area contributed by atoms with Crippen LogP contribution in [0.25, 0.3) is 0 Å². The van der Waals surface area contributed by atoms with Gasteiger partial charge in [0, 0.05) is 12.1 Å². The average Bonchev–Trinajstić information content (AvgIpc) is 2.22. The molecule has 0 fully saturated rings. The highest BCUT2D eigenvalue weighted by Crippen LogP contribution is 2.37. The summed E-state index contributed by atoms with van der Waals surface area (Å²) in [4.78, 5) is -0.364. The van der Waals surface area contributed by atoms with Gasteiger partial charge in [0.15, 0.2) is 9.84 Å². The first-order chi connectivity index (χ1) is 7.87. The van der Waals surface area contributed by atoms with Crippen LogP contribution in [0.4, 0.5) is 8.78 Å². The van der Waals surface area contributed by atoms with Gasteiger partial charge in [-0.25, -0.2) is 17.2 Å². The molecule has 3 nitrogen and oxygen atoms in total. The molecule has 17 heavy (non-hydrogen) atoms. The van der Waals surface area contributed by atoms with E-state index in [2.05, 4.69) is 5.32 Å². The van der Waals surface area contributed by atoms with Crippen LogP contribution in [0.3, 0.4) is 0 Å². The Morgan fingerprint density at radius 1 is 1.35 bits per heavy atom. The molecule has 1 aromatic carbocycles. The van der Waals surface area contributed by atoms with Gasteiger partial charge >= 0.3 is 0 Å². The Morgan fingerprint density at radius 3 is 2.59 bits per heavy atom. The van der Waals surface area contributed by atoms with Crippen molar-refractivity contribution in [3.05, 3.63) is 29.3 Å². The van der Waals surface area contributed by atoms with Gasteiger partial charge in [-0.1, -0.05) is 0 Å². The lowest BCUT2D eigenvalue weighted by atomic mass is 10.0. The molecule has 0 aromatic heterocycles. The van der Waals surface area contributed by atoms with Crippen molar-refractivity contribution in [2.45, 2.75) is 29.5 Å². The molecule has 1 N–H and O–H groups in total. The number of benzene rings is 1. The molecule has 0 amide bonds. The number of sulfone groups is 1. The van der Waals surface area contributed by atoms with Crippen LogP contribution in [0, 0.1) is 11.6 Å². The van der Waals surface area contributed by atoms with Crippen LogP contribution < -0.4 is 5.32 Å². The molecular formula is C11H13F2NO2S. The Balaban J connectivity index is 2.77.